The number of nitrogens with two attached hydrogens (primary N) is 1. The summed E-state index contributed by atoms with van der Waals surface area (Å²) in [6, 6.07) is 0. The molecule has 0 aliphatic rings. The maximum atomic E-state index is 7.10. The van der Waals surface area contributed by atoms with E-state index in [1.165, 1.54) is 55.5 Å². The first kappa shape index (κ1) is 57.9. The molecule has 47 heavy (non-hydrogen) atoms. The third-order valence-electron chi connectivity index (χ3n) is 6.89. The Bertz CT molecular complexity index is 715. The molecule has 0 saturated heterocycles. The van der Waals surface area contributed by atoms with Crippen LogP contribution in [0.2, 0.25) is 0 Å². The van der Waals surface area contributed by atoms with Gasteiger partial charge in [-0.15, -0.1) is 12.2 Å². The van der Waals surface area contributed by atoms with E-state index >= 15 is 0 Å². The van der Waals surface area contributed by atoms with Gasteiger partial charge in [0, 0.05) is 24.8 Å². The number of hydrogen-bond donors (Lipinski definition) is 6. The Morgan fingerprint density at radius 1 is 1.04 bits per heavy atom. The third-order valence-corrected chi connectivity index (χ3v) is 7.21. The summed E-state index contributed by atoms with van der Waals surface area (Å²) in [6.45, 7) is 41.2. The van der Waals surface area contributed by atoms with Crippen LogP contribution in [0, 0.1) is 17.3 Å². The van der Waals surface area contributed by atoms with Gasteiger partial charge in [0.2, 0.25) is 0 Å². The maximum Gasteiger partial charge on any atom is 0.0752 e. The molecule has 0 amide bonds. The van der Waals surface area contributed by atoms with Gasteiger partial charge in [0.1, 0.15) is 0 Å². The minimum atomic E-state index is -0.0758. The maximum absolute atomic E-state index is 7.10. The number of hydrogen-bond acceptors (Lipinski definition) is 7. The highest BCUT2D eigenvalue weighted by atomic mass is 32.1. The Labute approximate surface area is 302 Å². The zero-order valence-electron chi connectivity index (χ0n) is 34.2. The Hall–Kier alpha value is -1.35. The van der Waals surface area contributed by atoms with Gasteiger partial charge in [0.05, 0.1) is 6.10 Å². The lowest BCUT2D eigenvalue weighted by atomic mass is 9.69. The topological polar surface area (TPSA) is 91.6 Å². The van der Waals surface area contributed by atoms with Crippen molar-refractivity contribution in [2.45, 2.75) is 148 Å². The summed E-state index contributed by atoms with van der Waals surface area (Å²) in [5.41, 5.74) is 5.19. The average Bonchev–Trinajstić information content (AvgIpc) is 3.05. The molecule has 3 atom stereocenters. The van der Waals surface area contributed by atoms with Crippen LogP contribution in [-0.2, 0) is 4.74 Å². The minimum absolute atomic E-state index is 0.0758. The highest BCUT2D eigenvalue weighted by Crippen LogP contribution is 2.43. The van der Waals surface area contributed by atoms with Crippen molar-refractivity contribution in [2.24, 2.45) is 23.1 Å². The molecule has 0 saturated carbocycles. The third kappa shape index (κ3) is 40.7. The lowest BCUT2D eigenvalue weighted by Crippen LogP contribution is -2.34. The molecule has 7 heteroatoms. The van der Waals surface area contributed by atoms with E-state index in [0.717, 1.165) is 37.3 Å². The zero-order valence-corrected chi connectivity index (χ0v) is 35.1. The van der Waals surface area contributed by atoms with Gasteiger partial charge in [-0.05, 0) is 103 Å². The second-order valence-corrected chi connectivity index (χ2v) is 12.0. The molecule has 6 N–H and O–H groups in total. The zero-order chi connectivity index (χ0) is 38.1. The Morgan fingerprint density at radius 3 is 1.85 bits per heavy atom. The van der Waals surface area contributed by atoms with E-state index in [0.29, 0.717) is 11.8 Å². The Kier molecular flexibility index (Phi) is 57.6. The predicted octanol–water partition coefficient (Wildman–Crippen LogP) is 11.2. The van der Waals surface area contributed by atoms with Crippen molar-refractivity contribution < 1.29 is 9.94 Å². The fourth-order valence-corrected chi connectivity index (χ4v) is 4.61. The van der Waals surface area contributed by atoms with E-state index in [1.54, 1.807) is 13.2 Å². The molecule has 0 aliphatic heterocycles. The number of allylic oxidation sites excluding steroid dienone is 6. The summed E-state index contributed by atoms with van der Waals surface area (Å²) < 4.78 is 5.64. The van der Waals surface area contributed by atoms with Gasteiger partial charge >= 0.3 is 0 Å². The number of rotatable bonds is 19. The molecular weight excluding hydrogens is 601 g/mol. The number of ether oxygens (including phenoxy) is 1. The van der Waals surface area contributed by atoms with Crippen LogP contribution < -0.4 is 22.1 Å². The van der Waals surface area contributed by atoms with E-state index in [4.69, 9.17) is 9.94 Å². The molecule has 0 fully saturated rings. The fourth-order valence-electron chi connectivity index (χ4n) is 4.45. The molecule has 0 aromatic heterocycles. The second kappa shape index (κ2) is 46.8. The number of nitrogens with one attached hydrogen (secondary N) is 3. The van der Waals surface area contributed by atoms with Crippen molar-refractivity contribution >= 4 is 12.6 Å². The molecule has 0 rings (SSSR count). The fraction of sp³-hybridized carbons (Fsp3) is 0.750. The molecule has 0 radical (unpaired) electrons. The smallest absolute Gasteiger partial charge is 0.0752 e. The van der Waals surface area contributed by atoms with E-state index < -0.39 is 0 Å². The quantitative estimate of drug-likeness (QED) is 0.0266. The lowest BCUT2D eigenvalue weighted by Gasteiger charge is -2.39. The molecule has 0 heterocycles. The monoisotopic (exact) mass is 687 g/mol. The van der Waals surface area contributed by atoms with Crippen LogP contribution in [0.25, 0.3) is 0 Å². The normalized spacial score (nSPS) is 13.3. The Morgan fingerprint density at radius 2 is 1.53 bits per heavy atom. The van der Waals surface area contributed by atoms with Crippen LogP contribution in [-0.4, -0.2) is 43.8 Å². The largest absolute Gasteiger partial charge is 0.388 e. The predicted molar refractivity (Wildman–Crippen MR) is 220 cm³/mol. The van der Waals surface area contributed by atoms with Gasteiger partial charge in [-0.3, -0.25) is 0 Å². The summed E-state index contributed by atoms with van der Waals surface area (Å²) in [4.78, 5) is 0. The van der Waals surface area contributed by atoms with Crippen molar-refractivity contribution in [3.63, 3.8) is 0 Å². The molecule has 0 bridgehead atoms. The first-order valence-corrected chi connectivity index (χ1v) is 18.9. The van der Waals surface area contributed by atoms with Gasteiger partial charge in [-0.1, -0.05) is 117 Å². The van der Waals surface area contributed by atoms with Crippen molar-refractivity contribution in [3.8, 4) is 0 Å². The molecule has 3 unspecified atom stereocenters. The second-order valence-electron chi connectivity index (χ2n) is 11.6. The summed E-state index contributed by atoms with van der Waals surface area (Å²) in [5, 5.41) is 13.9. The van der Waals surface area contributed by atoms with Gasteiger partial charge in [-0.25, -0.2) is 5.84 Å². The van der Waals surface area contributed by atoms with Crippen LogP contribution in [0.4, 0.5) is 0 Å². The van der Waals surface area contributed by atoms with Crippen LogP contribution in [0.5, 0.6) is 0 Å². The van der Waals surface area contributed by atoms with Crippen molar-refractivity contribution in [3.05, 3.63) is 60.4 Å². The van der Waals surface area contributed by atoms with Crippen LogP contribution in [0.1, 0.15) is 142 Å². The van der Waals surface area contributed by atoms with Crippen LogP contribution >= 0.6 is 12.6 Å². The van der Waals surface area contributed by atoms with Crippen molar-refractivity contribution in [1.82, 2.24) is 16.2 Å². The van der Waals surface area contributed by atoms with E-state index in [1.807, 2.05) is 20.8 Å². The first-order chi connectivity index (χ1) is 22.3. The standard InChI is InChI=1S/C22H41NO.C7H14S.C6H15N.C3H6.C2H6.H4N2O/c1-10-13-14-18(6)16-22(8,19(7)23-12-3)21(17(4)5)15-20(11-2)24-9;1-3-7(2)5-4-6-8;1-3-5-7-6-4-2;1-3-2;1-2;1-2-3/h13-15,17-18,20,23H,7,10-12,16H2,1-6,8-9H3;3,8H,4-6H2,1-2H3;7H,3-6H2,1-2H3;3H,1H2,2H3;1-2H3;2-3H,1H2/b14-13-,21-15+;7-3-;;;;. The van der Waals surface area contributed by atoms with Gasteiger partial charge in [0.25, 0.3) is 0 Å². The Balaban J connectivity index is -0.000000148. The molecule has 0 aromatic rings. The van der Waals surface area contributed by atoms with Crippen LogP contribution in [0.15, 0.2) is 60.4 Å². The van der Waals surface area contributed by atoms with Gasteiger partial charge in [-0.2, -0.15) is 12.6 Å². The molecule has 0 spiro atoms. The molecular formula is C40H86N4O2S. The minimum Gasteiger partial charge on any atom is -0.388 e. The number of hydrazine groups is 1. The molecule has 284 valence electrons. The van der Waals surface area contributed by atoms with E-state index in [9.17, 15) is 0 Å². The highest BCUT2D eigenvalue weighted by Gasteiger charge is 2.35. The summed E-state index contributed by atoms with van der Waals surface area (Å²) in [6.07, 6.45) is 19.1. The van der Waals surface area contributed by atoms with E-state index in [2.05, 4.69) is 143 Å². The average molecular weight is 687 g/mol. The van der Waals surface area contributed by atoms with Gasteiger partial charge < -0.3 is 20.6 Å². The summed E-state index contributed by atoms with van der Waals surface area (Å²) in [5.74, 6) is 6.12. The van der Waals surface area contributed by atoms with Crippen molar-refractivity contribution in [1.29, 1.82) is 0 Å². The highest BCUT2D eigenvalue weighted by molar-refractivity contribution is 7.80. The van der Waals surface area contributed by atoms with Crippen LogP contribution in [0.3, 0.4) is 0 Å². The molecule has 0 aromatic carbocycles. The van der Waals surface area contributed by atoms with Gasteiger partial charge in [0.15, 0.2) is 0 Å². The van der Waals surface area contributed by atoms with E-state index in [-0.39, 0.29) is 11.5 Å². The first-order valence-electron chi connectivity index (χ1n) is 18.3. The van der Waals surface area contributed by atoms with Crippen molar-refractivity contribution in [2.75, 3.05) is 32.5 Å². The molecule has 0 aliphatic carbocycles. The SMILES string of the molecule is C/C=C(/C)CCCS.C=C(NCC)C(C)(CC(C)/C=C\CC)/C(=C/C(CC)OC)C(C)C.C=CC.CC.CCCNCCC.NNO. The number of methoxy groups -OCH3 is 1. The number of thiol groups is 1. The summed E-state index contributed by atoms with van der Waals surface area (Å²) >= 11 is 4.11. The molecule has 6 nitrogen and oxygen atoms in total. The summed E-state index contributed by atoms with van der Waals surface area (Å²) in [7, 11) is 1.80. The lowest BCUT2D eigenvalue weighted by molar-refractivity contribution is 0.135.